The van der Waals surface area contributed by atoms with Gasteiger partial charge in [0.25, 0.3) is 10.0 Å². The first kappa shape index (κ1) is 18.1. The van der Waals surface area contributed by atoms with Crippen LogP contribution in [0.3, 0.4) is 0 Å². The van der Waals surface area contributed by atoms with Gasteiger partial charge in [-0.25, -0.2) is 28.1 Å². The third kappa shape index (κ3) is 4.00. The van der Waals surface area contributed by atoms with Crippen LogP contribution in [0.4, 0.5) is 11.6 Å². The number of anilines is 2. The zero-order valence-electron chi connectivity index (χ0n) is 14.3. The van der Waals surface area contributed by atoms with Crippen LogP contribution >= 0.6 is 11.3 Å². The smallest absolute Gasteiger partial charge is 0.264 e. The van der Waals surface area contributed by atoms with E-state index in [0.717, 1.165) is 4.96 Å². The van der Waals surface area contributed by atoms with Crippen molar-refractivity contribution in [1.29, 1.82) is 0 Å². The van der Waals surface area contributed by atoms with E-state index >= 15 is 0 Å². The average Bonchev–Trinajstić information content (AvgIpc) is 3.24. The van der Waals surface area contributed by atoms with Gasteiger partial charge >= 0.3 is 0 Å². The van der Waals surface area contributed by atoms with E-state index in [9.17, 15) is 13.2 Å². The topological polar surface area (TPSA) is 118 Å². The summed E-state index contributed by atoms with van der Waals surface area (Å²) >= 11 is 1.49. The van der Waals surface area contributed by atoms with Gasteiger partial charge in [0.1, 0.15) is 0 Å². The molecule has 2 N–H and O–H groups in total. The zero-order valence-corrected chi connectivity index (χ0v) is 15.9. The minimum absolute atomic E-state index is 0.0140. The van der Waals surface area contributed by atoms with Gasteiger partial charge in [-0.05, 0) is 30.3 Å². The number of rotatable bonds is 6. The number of benzene rings is 1. The van der Waals surface area contributed by atoms with E-state index in [1.54, 1.807) is 12.3 Å². The lowest BCUT2D eigenvalue weighted by Gasteiger charge is -2.08. The van der Waals surface area contributed by atoms with Gasteiger partial charge in [0.2, 0.25) is 11.9 Å². The molecule has 9 nitrogen and oxygen atoms in total. The van der Waals surface area contributed by atoms with Crippen LogP contribution in [-0.2, 0) is 21.2 Å². The van der Waals surface area contributed by atoms with Crippen LogP contribution in [0.25, 0.3) is 4.96 Å². The van der Waals surface area contributed by atoms with E-state index in [1.807, 2.05) is 16.0 Å². The summed E-state index contributed by atoms with van der Waals surface area (Å²) in [6, 6.07) is 7.41. The molecule has 4 aromatic rings. The van der Waals surface area contributed by atoms with Gasteiger partial charge in [0, 0.05) is 35.9 Å². The molecule has 0 radical (unpaired) electrons. The van der Waals surface area contributed by atoms with E-state index in [-0.39, 0.29) is 23.2 Å². The lowest BCUT2D eigenvalue weighted by Crippen LogP contribution is -2.16. The zero-order chi connectivity index (χ0) is 19.6. The Morgan fingerprint density at radius 1 is 1.14 bits per heavy atom. The highest BCUT2D eigenvalue weighted by Crippen LogP contribution is 2.17. The fourth-order valence-electron chi connectivity index (χ4n) is 2.48. The number of sulfonamides is 1. The maximum atomic E-state index is 12.3. The van der Waals surface area contributed by atoms with Crippen LogP contribution in [0, 0.1) is 0 Å². The van der Waals surface area contributed by atoms with Gasteiger partial charge < -0.3 is 5.32 Å². The Hall–Kier alpha value is -3.31. The normalized spacial score (nSPS) is 11.4. The SMILES string of the molecule is O=C(Cc1cn2ccsc2n1)Nc1ccc(S(=O)(=O)Nc2ncccn2)cc1. The Morgan fingerprint density at radius 2 is 1.89 bits per heavy atom. The van der Waals surface area contributed by atoms with Gasteiger partial charge in [-0.1, -0.05) is 0 Å². The number of amides is 1. The van der Waals surface area contributed by atoms with Crippen LogP contribution in [0.1, 0.15) is 5.69 Å². The van der Waals surface area contributed by atoms with Gasteiger partial charge in [0.15, 0.2) is 4.96 Å². The number of imidazole rings is 1. The van der Waals surface area contributed by atoms with Crippen molar-refractivity contribution >= 4 is 43.9 Å². The highest BCUT2D eigenvalue weighted by molar-refractivity contribution is 7.92. The molecule has 0 fully saturated rings. The molecular weight excluding hydrogens is 400 g/mol. The average molecular weight is 414 g/mol. The van der Waals surface area contributed by atoms with E-state index in [2.05, 4.69) is 25.0 Å². The summed E-state index contributed by atoms with van der Waals surface area (Å²) in [4.78, 5) is 25.1. The number of fused-ring (bicyclic) bond motifs is 1. The molecule has 3 aromatic heterocycles. The molecule has 0 unspecified atom stereocenters. The maximum Gasteiger partial charge on any atom is 0.264 e. The van der Waals surface area contributed by atoms with E-state index in [4.69, 9.17) is 0 Å². The predicted octanol–water partition coefficient (Wildman–Crippen LogP) is 2.17. The molecule has 0 spiro atoms. The Kier molecular flexibility index (Phi) is 4.75. The second-order valence-corrected chi connectivity index (χ2v) is 8.31. The fourth-order valence-corrected chi connectivity index (χ4v) is 4.16. The number of hydrogen-bond acceptors (Lipinski definition) is 7. The first-order valence-corrected chi connectivity index (χ1v) is 10.5. The predicted molar refractivity (Wildman–Crippen MR) is 105 cm³/mol. The summed E-state index contributed by atoms with van der Waals surface area (Å²) in [6.45, 7) is 0. The third-order valence-corrected chi connectivity index (χ3v) is 5.84. The molecule has 1 amide bonds. The Labute approximate surface area is 164 Å². The van der Waals surface area contributed by atoms with Crippen molar-refractivity contribution in [2.45, 2.75) is 11.3 Å². The quantitative estimate of drug-likeness (QED) is 0.499. The maximum absolute atomic E-state index is 12.3. The lowest BCUT2D eigenvalue weighted by molar-refractivity contribution is -0.115. The summed E-state index contributed by atoms with van der Waals surface area (Å²) in [6.07, 6.45) is 6.68. The van der Waals surface area contributed by atoms with Crippen molar-refractivity contribution in [3.05, 3.63) is 66.2 Å². The van der Waals surface area contributed by atoms with Gasteiger partial charge in [-0.2, -0.15) is 0 Å². The highest BCUT2D eigenvalue weighted by atomic mass is 32.2. The number of carbonyl (C=O) groups excluding carboxylic acids is 1. The molecule has 142 valence electrons. The summed E-state index contributed by atoms with van der Waals surface area (Å²) in [7, 11) is -3.81. The Bertz CT molecular complexity index is 1190. The van der Waals surface area contributed by atoms with Crippen molar-refractivity contribution in [3.63, 3.8) is 0 Å². The van der Waals surface area contributed by atoms with Crippen LogP contribution in [0.2, 0.25) is 0 Å². The first-order valence-electron chi connectivity index (χ1n) is 8.10. The minimum atomic E-state index is -3.81. The van der Waals surface area contributed by atoms with Crippen molar-refractivity contribution < 1.29 is 13.2 Å². The molecule has 0 aliphatic carbocycles. The van der Waals surface area contributed by atoms with Gasteiger partial charge in [0.05, 0.1) is 17.0 Å². The molecular formula is C17H14N6O3S2. The summed E-state index contributed by atoms with van der Waals surface area (Å²) < 4.78 is 28.8. The minimum Gasteiger partial charge on any atom is -0.326 e. The van der Waals surface area contributed by atoms with Gasteiger partial charge in [-0.15, -0.1) is 11.3 Å². The first-order chi connectivity index (χ1) is 13.5. The van der Waals surface area contributed by atoms with Crippen LogP contribution in [0.15, 0.2) is 65.4 Å². The Balaban J connectivity index is 1.41. The molecule has 3 heterocycles. The monoisotopic (exact) mass is 414 g/mol. The van der Waals surface area contributed by atoms with Gasteiger partial charge in [-0.3, -0.25) is 9.20 Å². The van der Waals surface area contributed by atoms with Crippen LogP contribution in [-0.4, -0.2) is 33.7 Å². The van der Waals surface area contributed by atoms with E-state index in [1.165, 1.54) is 48.0 Å². The highest BCUT2D eigenvalue weighted by Gasteiger charge is 2.16. The second-order valence-electron chi connectivity index (χ2n) is 5.75. The second kappa shape index (κ2) is 7.37. The van der Waals surface area contributed by atoms with Crippen LogP contribution < -0.4 is 10.0 Å². The van der Waals surface area contributed by atoms with Crippen molar-refractivity contribution in [2.75, 3.05) is 10.0 Å². The molecule has 0 saturated heterocycles. The largest absolute Gasteiger partial charge is 0.326 e. The number of carbonyl (C=O) groups is 1. The number of thiazole rings is 1. The Morgan fingerprint density at radius 3 is 2.61 bits per heavy atom. The lowest BCUT2D eigenvalue weighted by atomic mass is 10.3. The third-order valence-electron chi connectivity index (χ3n) is 3.72. The van der Waals surface area contributed by atoms with E-state index < -0.39 is 10.0 Å². The molecule has 11 heteroatoms. The molecule has 28 heavy (non-hydrogen) atoms. The summed E-state index contributed by atoms with van der Waals surface area (Å²) in [5, 5.41) is 4.65. The molecule has 0 aliphatic heterocycles. The number of aromatic nitrogens is 4. The molecule has 1 aromatic carbocycles. The van der Waals surface area contributed by atoms with Crippen molar-refractivity contribution in [1.82, 2.24) is 19.4 Å². The standard InChI is InChI=1S/C17H14N6O3S2/c24-15(10-13-11-23-8-9-27-17(23)21-13)20-12-2-4-14(5-3-12)28(25,26)22-16-18-6-1-7-19-16/h1-9,11H,10H2,(H,20,24)(H,18,19,22). The number of nitrogens with zero attached hydrogens (tertiary/aromatic N) is 4. The molecule has 0 bridgehead atoms. The molecule has 4 rings (SSSR count). The molecule has 0 atom stereocenters. The van der Waals surface area contributed by atoms with Crippen molar-refractivity contribution in [2.24, 2.45) is 0 Å². The molecule has 0 aliphatic rings. The summed E-state index contributed by atoms with van der Waals surface area (Å²) in [5.74, 6) is -0.253. The number of nitrogens with one attached hydrogen (secondary N) is 2. The van der Waals surface area contributed by atoms with Crippen molar-refractivity contribution in [3.8, 4) is 0 Å². The fraction of sp³-hybridized carbons (Fsp3) is 0.0588. The molecule has 0 saturated carbocycles. The van der Waals surface area contributed by atoms with E-state index in [0.29, 0.717) is 11.4 Å². The summed E-state index contributed by atoms with van der Waals surface area (Å²) in [5.41, 5.74) is 1.15. The van der Waals surface area contributed by atoms with Crippen LogP contribution in [0.5, 0.6) is 0 Å². The number of hydrogen-bond donors (Lipinski definition) is 2.